The van der Waals surface area contributed by atoms with E-state index in [1.807, 2.05) is 37.3 Å². The predicted molar refractivity (Wildman–Crippen MR) is 110 cm³/mol. The van der Waals surface area contributed by atoms with Gasteiger partial charge in [-0.3, -0.25) is 10.2 Å². The number of nitrogens with zero attached hydrogens (tertiary/aromatic N) is 2. The normalized spacial score (nSPS) is 10.2. The van der Waals surface area contributed by atoms with E-state index >= 15 is 0 Å². The molecule has 0 aliphatic carbocycles. The highest BCUT2D eigenvalue weighted by molar-refractivity contribution is 6.15. The lowest BCUT2D eigenvalue weighted by molar-refractivity contribution is 0.102. The maximum Gasteiger partial charge on any atom is 0.274 e. The second kappa shape index (κ2) is 7.72. The second-order valence-electron chi connectivity index (χ2n) is 6.45. The molecular weight excluding hydrogens is 350 g/mol. The summed E-state index contributed by atoms with van der Waals surface area (Å²) in [6.07, 6.45) is 1.37. The van der Waals surface area contributed by atoms with Crippen molar-refractivity contribution in [1.82, 2.24) is 4.98 Å². The van der Waals surface area contributed by atoms with E-state index in [0.717, 1.165) is 11.1 Å². The molecule has 3 aromatic rings. The topological polar surface area (TPSA) is 116 Å². The highest BCUT2D eigenvalue weighted by atomic mass is 16.1. The average molecular weight is 369 g/mol. The largest absolute Gasteiger partial charge is 0.398 e. The molecule has 138 valence electrons. The van der Waals surface area contributed by atoms with E-state index in [1.165, 1.54) is 6.20 Å². The lowest BCUT2D eigenvalue weighted by Gasteiger charge is -2.13. The summed E-state index contributed by atoms with van der Waals surface area (Å²) in [7, 11) is 0. The lowest BCUT2D eigenvalue weighted by atomic mass is 9.97. The molecule has 28 heavy (non-hydrogen) atoms. The van der Waals surface area contributed by atoms with Crippen LogP contribution in [0.15, 0.2) is 54.7 Å². The number of hydrogen-bond donors (Lipinski definition) is 3. The van der Waals surface area contributed by atoms with Crippen LogP contribution < -0.4 is 11.1 Å². The number of hydrogen-bond acceptors (Lipinski definition) is 5. The third-order valence-electron chi connectivity index (χ3n) is 4.42. The maximum atomic E-state index is 12.6. The lowest BCUT2D eigenvalue weighted by Crippen LogP contribution is -2.16. The summed E-state index contributed by atoms with van der Waals surface area (Å²) in [6.45, 7) is 3.66. The van der Waals surface area contributed by atoms with Gasteiger partial charge in [0.15, 0.2) is 0 Å². The monoisotopic (exact) mass is 369 g/mol. The molecule has 3 rings (SSSR count). The number of pyridine rings is 1. The van der Waals surface area contributed by atoms with Crippen molar-refractivity contribution in [3.8, 4) is 6.07 Å². The quantitative estimate of drug-likeness (QED) is 0.479. The van der Waals surface area contributed by atoms with Gasteiger partial charge in [-0.1, -0.05) is 24.3 Å². The molecule has 6 nitrogen and oxygen atoms in total. The van der Waals surface area contributed by atoms with E-state index in [9.17, 15) is 4.79 Å². The van der Waals surface area contributed by atoms with E-state index in [1.54, 1.807) is 31.2 Å². The van der Waals surface area contributed by atoms with Crippen molar-refractivity contribution < 1.29 is 4.79 Å². The van der Waals surface area contributed by atoms with Crippen LogP contribution in [0.5, 0.6) is 0 Å². The van der Waals surface area contributed by atoms with Crippen LogP contribution in [0.1, 0.15) is 38.3 Å². The number of aromatic nitrogens is 1. The predicted octanol–water partition coefficient (Wildman–Crippen LogP) is 3.82. The maximum absolute atomic E-state index is 12.6. The van der Waals surface area contributed by atoms with Gasteiger partial charge in [0.25, 0.3) is 5.91 Å². The summed E-state index contributed by atoms with van der Waals surface area (Å²) in [5, 5.41) is 20.3. The van der Waals surface area contributed by atoms with E-state index in [0.29, 0.717) is 33.8 Å². The van der Waals surface area contributed by atoms with Crippen LogP contribution in [-0.4, -0.2) is 16.6 Å². The van der Waals surface area contributed by atoms with Crippen LogP contribution in [0.3, 0.4) is 0 Å². The van der Waals surface area contributed by atoms with Crippen molar-refractivity contribution in [3.05, 3.63) is 88.2 Å². The number of amides is 1. The number of nitrogen functional groups attached to an aromatic ring is 1. The molecule has 0 aliphatic rings. The standard InChI is InChI=1S/C22H19N5O/c1-13-5-3-4-6-17(13)20(25)18-10-16(7-8-19(18)24)27-22(28)21-14(2)9-15(11-23)12-26-21/h3-10,12,25H,24H2,1-2H3,(H,27,28). The smallest absolute Gasteiger partial charge is 0.274 e. The number of carbonyl (C=O) groups is 1. The number of nitrogens with one attached hydrogen (secondary N) is 2. The number of nitriles is 1. The number of nitrogens with two attached hydrogens (primary N) is 1. The molecule has 0 bridgehead atoms. The Bertz CT molecular complexity index is 1130. The first-order chi connectivity index (χ1) is 13.4. The molecule has 0 spiro atoms. The Morgan fingerprint density at radius 2 is 1.86 bits per heavy atom. The number of rotatable bonds is 4. The molecule has 1 amide bonds. The molecular formula is C22H19N5O. The Morgan fingerprint density at radius 3 is 2.54 bits per heavy atom. The summed E-state index contributed by atoms with van der Waals surface area (Å²) in [4.78, 5) is 16.7. The Balaban J connectivity index is 1.90. The Morgan fingerprint density at radius 1 is 1.11 bits per heavy atom. The highest BCUT2D eigenvalue weighted by Crippen LogP contribution is 2.23. The van der Waals surface area contributed by atoms with Crippen molar-refractivity contribution in [1.29, 1.82) is 10.7 Å². The third-order valence-corrected chi connectivity index (χ3v) is 4.42. The minimum Gasteiger partial charge on any atom is -0.398 e. The van der Waals surface area contributed by atoms with Gasteiger partial charge in [-0.05, 0) is 49.2 Å². The number of carbonyl (C=O) groups excluding carboxylic acids is 1. The Kier molecular flexibility index (Phi) is 5.18. The molecule has 1 heterocycles. The SMILES string of the molecule is Cc1ccccc1C(=N)c1cc(NC(=O)c2ncc(C#N)cc2C)ccc1N. The zero-order valence-electron chi connectivity index (χ0n) is 15.6. The minimum atomic E-state index is -0.389. The van der Waals surface area contributed by atoms with E-state index in [2.05, 4.69) is 10.3 Å². The molecule has 1 aromatic heterocycles. The van der Waals surface area contributed by atoms with E-state index in [-0.39, 0.29) is 11.6 Å². The first-order valence-corrected chi connectivity index (χ1v) is 8.63. The van der Waals surface area contributed by atoms with Crippen molar-refractivity contribution in [2.24, 2.45) is 0 Å². The summed E-state index contributed by atoms with van der Waals surface area (Å²) in [6, 6.07) is 16.2. The fraction of sp³-hybridized carbons (Fsp3) is 0.0909. The fourth-order valence-corrected chi connectivity index (χ4v) is 2.91. The van der Waals surface area contributed by atoms with Crippen molar-refractivity contribution in [3.63, 3.8) is 0 Å². The number of aryl methyl sites for hydroxylation is 2. The van der Waals surface area contributed by atoms with Crippen molar-refractivity contribution in [2.75, 3.05) is 11.1 Å². The van der Waals surface area contributed by atoms with Gasteiger partial charge >= 0.3 is 0 Å². The van der Waals surface area contributed by atoms with Crippen LogP contribution >= 0.6 is 0 Å². The molecule has 0 atom stereocenters. The van der Waals surface area contributed by atoms with Crippen molar-refractivity contribution >= 4 is 23.0 Å². The first kappa shape index (κ1) is 18.8. The van der Waals surface area contributed by atoms with Gasteiger partial charge in [0.05, 0.1) is 11.3 Å². The molecule has 0 unspecified atom stereocenters. The van der Waals surface area contributed by atoms with Crippen LogP contribution in [-0.2, 0) is 0 Å². The molecule has 4 N–H and O–H groups in total. The fourth-order valence-electron chi connectivity index (χ4n) is 2.91. The summed E-state index contributed by atoms with van der Waals surface area (Å²) >= 11 is 0. The van der Waals surface area contributed by atoms with Crippen LogP contribution in [0.4, 0.5) is 11.4 Å². The average Bonchev–Trinajstić information content (AvgIpc) is 2.69. The van der Waals surface area contributed by atoms with Gasteiger partial charge in [0, 0.05) is 28.7 Å². The zero-order chi connectivity index (χ0) is 20.3. The molecule has 0 radical (unpaired) electrons. The molecule has 0 saturated carbocycles. The molecule has 0 fully saturated rings. The van der Waals surface area contributed by atoms with Gasteiger partial charge < -0.3 is 11.1 Å². The Hall–Kier alpha value is -3.98. The summed E-state index contributed by atoms with van der Waals surface area (Å²) < 4.78 is 0. The van der Waals surface area contributed by atoms with Gasteiger partial charge in [-0.2, -0.15) is 5.26 Å². The number of benzene rings is 2. The Labute approximate surface area is 163 Å². The van der Waals surface area contributed by atoms with Gasteiger partial charge in [-0.25, -0.2) is 4.98 Å². The summed E-state index contributed by atoms with van der Waals surface area (Å²) in [5.74, 6) is -0.389. The van der Waals surface area contributed by atoms with Crippen LogP contribution in [0.25, 0.3) is 0 Å². The van der Waals surface area contributed by atoms with Gasteiger partial charge in [0.1, 0.15) is 11.8 Å². The van der Waals surface area contributed by atoms with E-state index in [4.69, 9.17) is 16.4 Å². The molecule has 0 aliphatic heterocycles. The first-order valence-electron chi connectivity index (χ1n) is 8.63. The van der Waals surface area contributed by atoms with Gasteiger partial charge in [0.2, 0.25) is 0 Å². The minimum absolute atomic E-state index is 0.242. The highest BCUT2D eigenvalue weighted by Gasteiger charge is 2.15. The molecule has 0 saturated heterocycles. The van der Waals surface area contributed by atoms with Crippen LogP contribution in [0, 0.1) is 30.6 Å². The van der Waals surface area contributed by atoms with Gasteiger partial charge in [-0.15, -0.1) is 0 Å². The van der Waals surface area contributed by atoms with Crippen molar-refractivity contribution in [2.45, 2.75) is 13.8 Å². The second-order valence-corrected chi connectivity index (χ2v) is 6.45. The third kappa shape index (κ3) is 3.74. The molecule has 6 heteroatoms. The van der Waals surface area contributed by atoms with Crippen LogP contribution in [0.2, 0.25) is 0 Å². The molecule has 2 aromatic carbocycles. The zero-order valence-corrected chi connectivity index (χ0v) is 15.6. The number of anilines is 2. The van der Waals surface area contributed by atoms with E-state index < -0.39 is 0 Å². The summed E-state index contributed by atoms with van der Waals surface area (Å²) in [5.41, 5.74) is 10.9.